The molecule has 0 saturated carbocycles. The molecule has 0 aromatic rings. The van der Waals surface area contributed by atoms with Gasteiger partial charge >= 0.3 is 5.97 Å². The predicted octanol–water partition coefficient (Wildman–Crippen LogP) is 1.66. The SMILES string of the molecule is C=C(C)OCCOC(=O)C(=C)C. The Morgan fingerprint density at radius 1 is 1.17 bits per heavy atom. The first-order valence-corrected chi connectivity index (χ1v) is 3.65. The van der Waals surface area contributed by atoms with Crippen molar-refractivity contribution in [2.24, 2.45) is 0 Å². The summed E-state index contributed by atoms with van der Waals surface area (Å²) in [7, 11) is 0. The molecule has 0 heterocycles. The fourth-order valence-electron chi connectivity index (χ4n) is 0.473. The van der Waals surface area contributed by atoms with Crippen LogP contribution in [-0.2, 0) is 14.3 Å². The second-order valence-electron chi connectivity index (χ2n) is 2.47. The van der Waals surface area contributed by atoms with Crippen LogP contribution in [0.5, 0.6) is 0 Å². The Hall–Kier alpha value is -1.25. The van der Waals surface area contributed by atoms with Crippen molar-refractivity contribution < 1.29 is 14.3 Å². The predicted molar refractivity (Wildman–Crippen MR) is 46.5 cm³/mol. The van der Waals surface area contributed by atoms with E-state index in [1.807, 2.05) is 0 Å². The molecular weight excluding hydrogens is 156 g/mol. The Bertz CT molecular complexity index is 194. The van der Waals surface area contributed by atoms with Crippen LogP contribution in [0.3, 0.4) is 0 Å². The van der Waals surface area contributed by atoms with Gasteiger partial charge in [-0.1, -0.05) is 13.2 Å². The molecule has 0 rings (SSSR count). The Labute approximate surface area is 72.7 Å². The van der Waals surface area contributed by atoms with Crippen LogP contribution in [0.2, 0.25) is 0 Å². The summed E-state index contributed by atoms with van der Waals surface area (Å²) in [4.78, 5) is 10.8. The first kappa shape index (κ1) is 10.8. The van der Waals surface area contributed by atoms with Crippen LogP contribution in [0, 0.1) is 0 Å². The van der Waals surface area contributed by atoms with Crippen molar-refractivity contribution in [1.82, 2.24) is 0 Å². The van der Waals surface area contributed by atoms with Gasteiger partial charge in [0.1, 0.15) is 13.2 Å². The fraction of sp³-hybridized carbons (Fsp3) is 0.444. The van der Waals surface area contributed by atoms with Crippen LogP contribution in [0.1, 0.15) is 13.8 Å². The van der Waals surface area contributed by atoms with Gasteiger partial charge in [0.05, 0.1) is 5.76 Å². The number of allylic oxidation sites excluding steroid dienone is 1. The van der Waals surface area contributed by atoms with Gasteiger partial charge in [0.25, 0.3) is 0 Å². The van der Waals surface area contributed by atoms with Crippen LogP contribution < -0.4 is 0 Å². The normalized spacial score (nSPS) is 8.83. The summed E-state index contributed by atoms with van der Waals surface area (Å²) < 4.78 is 9.72. The average Bonchev–Trinajstić information content (AvgIpc) is 1.97. The number of carbonyl (C=O) groups excluding carboxylic acids is 1. The number of esters is 1. The molecule has 0 aliphatic rings. The van der Waals surface area contributed by atoms with E-state index in [4.69, 9.17) is 9.47 Å². The van der Waals surface area contributed by atoms with E-state index in [2.05, 4.69) is 13.2 Å². The van der Waals surface area contributed by atoms with Gasteiger partial charge in [0, 0.05) is 5.57 Å². The van der Waals surface area contributed by atoms with Gasteiger partial charge in [-0.2, -0.15) is 0 Å². The molecule has 0 unspecified atom stereocenters. The van der Waals surface area contributed by atoms with Gasteiger partial charge in [-0.3, -0.25) is 0 Å². The van der Waals surface area contributed by atoms with E-state index < -0.39 is 0 Å². The molecular formula is C9H14O3. The summed E-state index contributed by atoms with van der Waals surface area (Å²) in [6.07, 6.45) is 0. The highest BCUT2D eigenvalue weighted by atomic mass is 16.6. The lowest BCUT2D eigenvalue weighted by atomic mass is 10.4. The summed E-state index contributed by atoms with van der Waals surface area (Å²) in [5.41, 5.74) is 0.394. The molecule has 0 radical (unpaired) electrons. The zero-order valence-electron chi connectivity index (χ0n) is 7.55. The lowest BCUT2D eigenvalue weighted by molar-refractivity contribution is -0.140. The highest BCUT2D eigenvalue weighted by molar-refractivity contribution is 5.86. The minimum atomic E-state index is -0.389. The van der Waals surface area contributed by atoms with Crippen molar-refractivity contribution in [3.05, 3.63) is 24.5 Å². The maximum absolute atomic E-state index is 10.8. The quantitative estimate of drug-likeness (QED) is 0.272. The van der Waals surface area contributed by atoms with Gasteiger partial charge in [0.2, 0.25) is 0 Å². The van der Waals surface area contributed by atoms with Gasteiger partial charge in [-0.15, -0.1) is 0 Å². The number of hydrogen-bond donors (Lipinski definition) is 0. The molecule has 0 amide bonds. The number of carbonyl (C=O) groups is 1. The molecule has 0 aromatic carbocycles. The van der Waals surface area contributed by atoms with E-state index in [0.29, 0.717) is 17.9 Å². The zero-order chi connectivity index (χ0) is 9.56. The zero-order valence-corrected chi connectivity index (χ0v) is 7.55. The van der Waals surface area contributed by atoms with Crippen LogP contribution in [0.25, 0.3) is 0 Å². The second-order valence-corrected chi connectivity index (χ2v) is 2.47. The van der Waals surface area contributed by atoms with E-state index in [9.17, 15) is 4.79 Å². The summed E-state index contributed by atoms with van der Waals surface area (Å²) in [6.45, 7) is 10.9. The standard InChI is InChI=1S/C9H14O3/c1-7(2)9(10)12-6-5-11-8(3)4/h1,3,5-6H2,2,4H3. The van der Waals surface area contributed by atoms with E-state index in [1.54, 1.807) is 13.8 Å². The van der Waals surface area contributed by atoms with Crippen molar-refractivity contribution in [2.75, 3.05) is 13.2 Å². The van der Waals surface area contributed by atoms with Crippen molar-refractivity contribution in [1.29, 1.82) is 0 Å². The third-order valence-electron chi connectivity index (χ3n) is 1.01. The maximum Gasteiger partial charge on any atom is 0.333 e. The van der Waals surface area contributed by atoms with Gasteiger partial charge in [-0.05, 0) is 13.8 Å². The molecule has 0 atom stereocenters. The van der Waals surface area contributed by atoms with E-state index in [-0.39, 0.29) is 12.6 Å². The molecule has 0 aliphatic heterocycles. The minimum absolute atomic E-state index is 0.235. The Morgan fingerprint density at radius 3 is 2.08 bits per heavy atom. The number of ether oxygens (including phenoxy) is 2. The van der Waals surface area contributed by atoms with Crippen LogP contribution >= 0.6 is 0 Å². The van der Waals surface area contributed by atoms with E-state index >= 15 is 0 Å². The Morgan fingerprint density at radius 2 is 1.67 bits per heavy atom. The first-order valence-electron chi connectivity index (χ1n) is 3.65. The molecule has 3 nitrogen and oxygen atoms in total. The first-order chi connectivity index (χ1) is 5.54. The molecule has 0 bridgehead atoms. The van der Waals surface area contributed by atoms with Crippen LogP contribution in [0.4, 0.5) is 0 Å². The largest absolute Gasteiger partial charge is 0.495 e. The summed E-state index contributed by atoms with van der Waals surface area (Å²) in [6, 6.07) is 0. The molecule has 0 aromatic heterocycles. The molecule has 0 spiro atoms. The summed E-state index contributed by atoms with van der Waals surface area (Å²) in [5.74, 6) is 0.224. The summed E-state index contributed by atoms with van der Waals surface area (Å²) in [5, 5.41) is 0. The molecule has 0 fully saturated rings. The molecule has 3 heteroatoms. The Kier molecular flexibility index (Phi) is 4.84. The third-order valence-corrected chi connectivity index (χ3v) is 1.01. The van der Waals surface area contributed by atoms with Crippen LogP contribution in [0.15, 0.2) is 24.5 Å². The third kappa shape index (κ3) is 5.53. The molecule has 0 N–H and O–H groups in total. The Balaban J connectivity index is 3.38. The molecule has 0 aliphatic carbocycles. The number of hydrogen-bond acceptors (Lipinski definition) is 3. The van der Waals surface area contributed by atoms with E-state index in [0.717, 1.165) is 0 Å². The monoisotopic (exact) mass is 170 g/mol. The van der Waals surface area contributed by atoms with Crippen molar-refractivity contribution in [3.8, 4) is 0 Å². The molecule has 0 saturated heterocycles. The van der Waals surface area contributed by atoms with Crippen molar-refractivity contribution in [2.45, 2.75) is 13.8 Å². The van der Waals surface area contributed by atoms with Crippen molar-refractivity contribution in [3.63, 3.8) is 0 Å². The smallest absolute Gasteiger partial charge is 0.333 e. The van der Waals surface area contributed by atoms with Gasteiger partial charge in [-0.25, -0.2) is 4.79 Å². The minimum Gasteiger partial charge on any atom is -0.495 e. The average molecular weight is 170 g/mol. The van der Waals surface area contributed by atoms with Crippen LogP contribution in [-0.4, -0.2) is 19.2 Å². The second kappa shape index (κ2) is 5.41. The highest BCUT2D eigenvalue weighted by Gasteiger charge is 2.01. The fourth-order valence-corrected chi connectivity index (χ4v) is 0.473. The van der Waals surface area contributed by atoms with E-state index in [1.165, 1.54) is 0 Å². The number of rotatable bonds is 5. The van der Waals surface area contributed by atoms with Gasteiger partial charge < -0.3 is 9.47 Å². The highest BCUT2D eigenvalue weighted by Crippen LogP contribution is 1.93. The lowest BCUT2D eigenvalue weighted by Gasteiger charge is -2.05. The van der Waals surface area contributed by atoms with Crippen molar-refractivity contribution >= 4 is 5.97 Å². The topological polar surface area (TPSA) is 35.5 Å². The molecule has 68 valence electrons. The van der Waals surface area contributed by atoms with Gasteiger partial charge in [0.15, 0.2) is 0 Å². The maximum atomic E-state index is 10.8. The molecule has 12 heavy (non-hydrogen) atoms. The summed E-state index contributed by atoms with van der Waals surface area (Å²) >= 11 is 0. The lowest BCUT2D eigenvalue weighted by Crippen LogP contribution is -2.10.